The SMILES string of the molecule is Cc1cc(C)c(-c2csc(NC(=O)CSc3nnc(-c4ccco4)n3C)n2)cc1C. The predicted molar refractivity (Wildman–Crippen MR) is 120 cm³/mol. The molecule has 0 unspecified atom stereocenters. The Bertz CT molecular complexity index is 1190. The Kier molecular flexibility index (Phi) is 5.74. The smallest absolute Gasteiger partial charge is 0.236 e. The van der Waals surface area contributed by atoms with E-state index in [1.807, 2.05) is 18.5 Å². The van der Waals surface area contributed by atoms with Gasteiger partial charge in [0.15, 0.2) is 21.9 Å². The Morgan fingerprint density at radius 3 is 2.77 bits per heavy atom. The number of aryl methyl sites for hydroxylation is 3. The molecule has 0 aliphatic heterocycles. The molecule has 0 aliphatic rings. The molecule has 0 fully saturated rings. The number of anilines is 1. The van der Waals surface area contributed by atoms with Crippen molar-refractivity contribution in [3.8, 4) is 22.8 Å². The zero-order valence-corrected chi connectivity index (χ0v) is 18.7. The highest BCUT2D eigenvalue weighted by Crippen LogP contribution is 2.30. The Morgan fingerprint density at radius 2 is 2.00 bits per heavy atom. The molecule has 0 aliphatic carbocycles. The maximum absolute atomic E-state index is 12.4. The standard InChI is InChI=1S/C21H21N5O2S2/c1-12-8-14(3)15(9-13(12)2)16-10-29-20(22-16)23-18(27)11-30-21-25-24-19(26(21)4)17-6-5-7-28-17/h5-10H,11H2,1-4H3,(H,22,23,27). The van der Waals surface area contributed by atoms with Crippen molar-refractivity contribution >= 4 is 34.1 Å². The van der Waals surface area contributed by atoms with Crippen LogP contribution in [0.2, 0.25) is 0 Å². The molecule has 0 bridgehead atoms. The van der Waals surface area contributed by atoms with Gasteiger partial charge in [-0.1, -0.05) is 17.8 Å². The fourth-order valence-electron chi connectivity index (χ4n) is 3.04. The summed E-state index contributed by atoms with van der Waals surface area (Å²) in [5, 5.41) is 14.3. The molecular formula is C21H21N5O2S2. The number of thiazole rings is 1. The normalized spacial score (nSPS) is 11.1. The average Bonchev–Trinajstić information content (AvgIpc) is 3.45. The Morgan fingerprint density at radius 1 is 1.20 bits per heavy atom. The van der Waals surface area contributed by atoms with Gasteiger partial charge in [-0.25, -0.2) is 4.98 Å². The molecule has 30 heavy (non-hydrogen) atoms. The van der Waals surface area contributed by atoms with Gasteiger partial charge >= 0.3 is 0 Å². The van der Waals surface area contributed by atoms with Gasteiger partial charge in [-0.3, -0.25) is 4.79 Å². The zero-order chi connectivity index (χ0) is 21.3. The summed E-state index contributed by atoms with van der Waals surface area (Å²) < 4.78 is 7.17. The first-order chi connectivity index (χ1) is 14.4. The summed E-state index contributed by atoms with van der Waals surface area (Å²) in [6.45, 7) is 6.27. The van der Waals surface area contributed by atoms with Crippen LogP contribution in [0.3, 0.4) is 0 Å². The van der Waals surface area contributed by atoms with Crippen molar-refractivity contribution in [2.45, 2.75) is 25.9 Å². The molecule has 4 aromatic rings. The lowest BCUT2D eigenvalue weighted by Gasteiger charge is -2.07. The average molecular weight is 440 g/mol. The molecule has 7 nitrogen and oxygen atoms in total. The quantitative estimate of drug-likeness (QED) is 0.432. The summed E-state index contributed by atoms with van der Waals surface area (Å²) in [7, 11) is 1.84. The monoisotopic (exact) mass is 439 g/mol. The van der Waals surface area contributed by atoms with Crippen LogP contribution in [0.4, 0.5) is 5.13 Å². The lowest BCUT2D eigenvalue weighted by Crippen LogP contribution is -2.14. The largest absolute Gasteiger partial charge is 0.461 e. The maximum atomic E-state index is 12.4. The predicted octanol–water partition coefficient (Wildman–Crippen LogP) is 4.85. The molecule has 4 rings (SSSR count). The van der Waals surface area contributed by atoms with Crippen LogP contribution in [0.15, 0.2) is 45.5 Å². The lowest BCUT2D eigenvalue weighted by atomic mass is 9.99. The summed E-state index contributed by atoms with van der Waals surface area (Å²) in [6.07, 6.45) is 1.59. The minimum Gasteiger partial charge on any atom is -0.461 e. The van der Waals surface area contributed by atoms with Gasteiger partial charge in [-0.15, -0.1) is 21.5 Å². The van der Waals surface area contributed by atoms with E-state index < -0.39 is 0 Å². The van der Waals surface area contributed by atoms with Crippen molar-refractivity contribution in [1.82, 2.24) is 19.7 Å². The second-order valence-electron chi connectivity index (χ2n) is 6.97. The van der Waals surface area contributed by atoms with Gasteiger partial charge in [0.1, 0.15) is 0 Å². The summed E-state index contributed by atoms with van der Waals surface area (Å²) >= 11 is 2.73. The second kappa shape index (κ2) is 8.45. The number of benzene rings is 1. The van der Waals surface area contributed by atoms with E-state index in [9.17, 15) is 4.79 Å². The minimum atomic E-state index is -0.139. The van der Waals surface area contributed by atoms with Crippen molar-refractivity contribution in [2.75, 3.05) is 11.1 Å². The summed E-state index contributed by atoms with van der Waals surface area (Å²) in [5.41, 5.74) is 5.62. The lowest BCUT2D eigenvalue weighted by molar-refractivity contribution is -0.113. The van der Waals surface area contributed by atoms with Crippen LogP contribution in [0.5, 0.6) is 0 Å². The van der Waals surface area contributed by atoms with Crippen LogP contribution in [0.1, 0.15) is 16.7 Å². The van der Waals surface area contributed by atoms with Crippen LogP contribution < -0.4 is 5.32 Å². The molecule has 154 valence electrons. The van der Waals surface area contributed by atoms with Crippen molar-refractivity contribution in [2.24, 2.45) is 7.05 Å². The van der Waals surface area contributed by atoms with Crippen LogP contribution in [-0.4, -0.2) is 31.4 Å². The van der Waals surface area contributed by atoms with Gasteiger partial charge in [-0.05, 0) is 55.7 Å². The van der Waals surface area contributed by atoms with E-state index in [0.29, 0.717) is 21.9 Å². The maximum Gasteiger partial charge on any atom is 0.236 e. The van der Waals surface area contributed by atoms with Crippen LogP contribution in [-0.2, 0) is 11.8 Å². The van der Waals surface area contributed by atoms with Gasteiger partial charge in [0.25, 0.3) is 0 Å². The van der Waals surface area contributed by atoms with Crippen molar-refractivity contribution < 1.29 is 9.21 Å². The number of furan rings is 1. The van der Waals surface area contributed by atoms with Gasteiger partial charge in [-0.2, -0.15) is 0 Å². The minimum absolute atomic E-state index is 0.139. The first-order valence-corrected chi connectivity index (χ1v) is 11.2. The van der Waals surface area contributed by atoms with E-state index in [-0.39, 0.29) is 11.7 Å². The molecule has 0 atom stereocenters. The molecule has 9 heteroatoms. The number of nitrogens with zero attached hydrogens (tertiary/aromatic N) is 4. The van der Waals surface area contributed by atoms with Gasteiger partial charge in [0.05, 0.1) is 17.7 Å². The number of amides is 1. The van der Waals surface area contributed by atoms with Gasteiger partial charge in [0, 0.05) is 18.0 Å². The highest BCUT2D eigenvalue weighted by molar-refractivity contribution is 7.99. The topological polar surface area (TPSA) is 85.8 Å². The first kappa shape index (κ1) is 20.4. The number of carbonyl (C=O) groups is 1. The number of rotatable bonds is 6. The fourth-order valence-corrected chi connectivity index (χ4v) is 4.48. The number of hydrogen-bond acceptors (Lipinski definition) is 7. The Hall–Kier alpha value is -2.91. The van der Waals surface area contributed by atoms with Crippen molar-refractivity contribution in [3.63, 3.8) is 0 Å². The molecule has 0 saturated heterocycles. The van der Waals surface area contributed by atoms with Crippen LogP contribution in [0.25, 0.3) is 22.8 Å². The van der Waals surface area contributed by atoms with Gasteiger partial charge < -0.3 is 14.3 Å². The molecule has 1 aromatic carbocycles. The molecule has 0 spiro atoms. The third-order valence-electron chi connectivity index (χ3n) is 4.78. The summed E-state index contributed by atoms with van der Waals surface area (Å²) in [5.74, 6) is 1.33. The zero-order valence-electron chi connectivity index (χ0n) is 17.1. The van der Waals surface area contributed by atoms with Crippen LogP contribution in [0, 0.1) is 20.8 Å². The summed E-state index contributed by atoms with van der Waals surface area (Å²) in [6, 6.07) is 7.93. The number of nitrogens with one attached hydrogen (secondary N) is 1. The number of aromatic nitrogens is 4. The molecular weight excluding hydrogens is 418 g/mol. The van der Waals surface area contributed by atoms with Crippen LogP contribution >= 0.6 is 23.1 Å². The van der Waals surface area contributed by atoms with E-state index in [0.717, 1.165) is 11.3 Å². The van der Waals surface area contributed by atoms with E-state index in [2.05, 4.69) is 53.4 Å². The third kappa shape index (κ3) is 4.17. The number of thioether (sulfide) groups is 1. The molecule has 3 heterocycles. The van der Waals surface area contributed by atoms with Crippen molar-refractivity contribution in [3.05, 3.63) is 52.6 Å². The highest BCUT2D eigenvalue weighted by atomic mass is 32.2. The number of carbonyl (C=O) groups excluding carboxylic acids is 1. The highest BCUT2D eigenvalue weighted by Gasteiger charge is 2.16. The van der Waals surface area contributed by atoms with E-state index >= 15 is 0 Å². The summed E-state index contributed by atoms with van der Waals surface area (Å²) in [4.78, 5) is 17.0. The second-order valence-corrected chi connectivity index (χ2v) is 8.77. The molecule has 0 saturated carbocycles. The molecule has 0 radical (unpaired) electrons. The fraction of sp³-hybridized carbons (Fsp3) is 0.238. The van der Waals surface area contributed by atoms with Crippen molar-refractivity contribution in [1.29, 1.82) is 0 Å². The van der Waals surface area contributed by atoms with Gasteiger partial charge in [0.2, 0.25) is 5.91 Å². The van der Waals surface area contributed by atoms with E-state index in [4.69, 9.17) is 4.42 Å². The Balaban J connectivity index is 1.39. The number of hydrogen-bond donors (Lipinski definition) is 1. The van der Waals surface area contributed by atoms with E-state index in [1.165, 1.54) is 39.8 Å². The van der Waals surface area contributed by atoms with E-state index in [1.54, 1.807) is 16.9 Å². The molecule has 1 amide bonds. The molecule has 1 N–H and O–H groups in total. The Labute approximate surface area is 182 Å². The first-order valence-electron chi connectivity index (χ1n) is 9.32. The third-order valence-corrected chi connectivity index (χ3v) is 6.55. The molecule has 3 aromatic heterocycles.